The highest BCUT2D eigenvalue weighted by Crippen LogP contribution is 2.44. The molecule has 0 saturated carbocycles. The predicted molar refractivity (Wildman–Crippen MR) is 125 cm³/mol. The van der Waals surface area contributed by atoms with Gasteiger partial charge in [-0.1, -0.05) is 6.92 Å². The molecular formula is C25H23F4N5O3. The van der Waals surface area contributed by atoms with E-state index in [0.717, 1.165) is 12.1 Å². The molecule has 0 radical (unpaired) electrons. The standard InChI is InChI=1S/C25H23F4N5O3/c1-13(17-11-31-12-18(25(17,28)29)14-6-7-32-20(8-14)23(30)35)24(36)34-22-5-3-16(10-33-22)37-21-4-2-15(26)9-19(21)27/h2-10,13,17-18,31H,11-12H2,1H3,(H2,30,35)(H,33,34,36). The first-order valence-corrected chi connectivity index (χ1v) is 11.3. The van der Waals surface area contributed by atoms with E-state index in [1.165, 1.54) is 43.6 Å². The van der Waals surface area contributed by atoms with Gasteiger partial charge in [0, 0.05) is 37.2 Å². The van der Waals surface area contributed by atoms with Crippen molar-refractivity contribution in [1.82, 2.24) is 15.3 Å². The summed E-state index contributed by atoms with van der Waals surface area (Å²) >= 11 is 0. The fraction of sp³-hybridized carbons (Fsp3) is 0.280. The summed E-state index contributed by atoms with van der Waals surface area (Å²) in [6, 6.07) is 8.21. The molecule has 37 heavy (non-hydrogen) atoms. The van der Waals surface area contributed by atoms with E-state index in [1.807, 2.05) is 0 Å². The maximum atomic E-state index is 15.6. The summed E-state index contributed by atoms with van der Waals surface area (Å²) < 4.78 is 63.3. The number of benzene rings is 1. The maximum absolute atomic E-state index is 15.6. The highest BCUT2D eigenvalue weighted by atomic mass is 19.3. The molecule has 2 amide bonds. The zero-order valence-electron chi connectivity index (χ0n) is 19.6. The maximum Gasteiger partial charge on any atom is 0.267 e. The average molecular weight is 517 g/mol. The lowest BCUT2D eigenvalue weighted by Gasteiger charge is -2.41. The number of anilines is 1. The van der Waals surface area contributed by atoms with Crippen LogP contribution in [0, 0.1) is 23.5 Å². The van der Waals surface area contributed by atoms with E-state index in [2.05, 4.69) is 20.6 Å². The Morgan fingerprint density at radius 1 is 1.14 bits per heavy atom. The van der Waals surface area contributed by atoms with Crippen LogP contribution < -0.4 is 21.1 Å². The van der Waals surface area contributed by atoms with Crippen molar-refractivity contribution >= 4 is 17.6 Å². The number of piperidine rings is 1. The number of ether oxygens (including phenoxy) is 1. The lowest BCUT2D eigenvalue weighted by atomic mass is 9.76. The number of rotatable bonds is 7. The van der Waals surface area contributed by atoms with Gasteiger partial charge in [-0.3, -0.25) is 14.6 Å². The van der Waals surface area contributed by atoms with Crippen LogP contribution in [0.5, 0.6) is 11.5 Å². The van der Waals surface area contributed by atoms with E-state index in [4.69, 9.17) is 10.5 Å². The van der Waals surface area contributed by atoms with Gasteiger partial charge >= 0.3 is 0 Å². The summed E-state index contributed by atoms with van der Waals surface area (Å²) in [6.07, 6.45) is 2.45. The van der Waals surface area contributed by atoms with Crippen molar-refractivity contribution in [3.8, 4) is 11.5 Å². The molecule has 1 fully saturated rings. The van der Waals surface area contributed by atoms with Gasteiger partial charge < -0.3 is 21.1 Å². The number of amides is 2. The van der Waals surface area contributed by atoms with Gasteiger partial charge in [-0.25, -0.2) is 22.5 Å². The van der Waals surface area contributed by atoms with Crippen LogP contribution in [-0.4, -0.2) is 40.8 Å². The highest BCUT2D eigenvalue weighted by molar-refractivity contribution is 5.92. The third-order valence-corrected chi connectivity index (χ3v) is 6.24. The van der Waals surface area contributed by atoms with Crippen molar-refractivity contribution in [1.29, 1.82) is 0 Å². The number of nitrogens with one attached hydrogen (secondary N) is 2. The van der Waals surface area contributed by atoms with Crippen molar-refractivity contribution in [2.45, 2.75) is 18.8 Å². The lowest BCUT2D eigenvalue weighted by Crippen LogP contribution is -2.54. The number of nitrogens with two attached hydrogens (primary N) is 1. The fourth-order valence-corrected chi connectivity index (χ4v) is 4.18. The minimum absolute atomic E-state index is 0.0578. The molecule has 0 bridgehead atoms. The lowest BCUT2D eigenvalue weighted by molar-refractivity contribution is -0.138. The Morgan fingerprint density at radius 3 is 2.59 bits per heavy atom. The normalized spacial score (nSPS) is 19.6. The van der Waals surface area contributed by atoms with Gasteiger partial charge in [0.1, 0.15) is 23.1 Å². The molecule has 1 saturated heterocycles. The summed E-state index contributed by atoms with van der Waals surface area (Å²) in [4.78, 5) is 32.1. The van der Waals surface area contributed by atoms with Crippen molar-refractivity contribution in [2.24, 2.45) is 17.6 Å². The average Bonchev–Trinajstić information content (AvgIpc) is 2.86. The second kappa shape index (κ2) is 10.5. The molecule has 8 nitrogen and oxygen atoms in total. The number of nitrogens with zero attached hydrogens (tertiary/aromatic N) is 2. The summed E-state index contributed by atoms with van der Waals surface area (Å²) in [6.45, 7) is 1.24. The van der Waals surface area contributed by atoms with E-state index in [9.17, 15) is 18.4 Å². The van der Waals surface area contributed by atoms with Crippen LogP contribution in [0.4, 0.5) is 23.4 Å². The molecule has 4 rings (SSSR count). The summed E-state index contributed by atoms with van der Waals surface area (Å²) in [5, 5.41) is 5.45. The van der Waals surface area contributed by atoms with E-state index >= 15 is 8.78 Å². The van der Waals surface area contributed by atoms with Crippen LogP contribution in [0.25, 0.3) is 0 Å². The summed E-state index contributed by atoms with van der Waals surface area (Å²) in [5.41, 5.74) is 5.29. The SMILES string of the molecule is CC(C(=O)Nc1ccc(Oc2ccc(F)cc2F)cn1)C1CNCC(c2ccnc(C(N)=O)c2)C1(F)F. The zero-order valence-corrected chi connectivity index (χ0v) is 19.6. The van der Waals surface area contributed by atoms with Gasteiger partial charge in [0.2, 0.25) is 5.91 Å². The predicted octanol–water partition coefficient (Wildman–Crippen LogP) is 3.86. The topological polar surface area (TPSA) is 119 Å². The number of primary amides is 1. The monoisotopic (exact) mass is 517 g/mol. The van der Waals surface area contributed by atoms with E-state index in [1.54, 1.807) is 0 Å². The van der Waals surface area contributed by atoms with Crippen molar-refractivity contribution in [3.05, 3.63) is 77.8 Å². The van der Waals surface area contributed by atoms with Gasteiger partial charge in [-0.15, -0.1) is 0 Å². The summed E-state index contributed by atoms with van der Waals surface area (Å²) in [5.74, 6) is -10.2. The van der Waals surface area contributed by atoms with E-state index in [0.29, 0.717) is 6.07 Å². The first-order valence-electron chi connectivity index (χ1n) is 11.3. The molecule has 1 aromatic carbocycles. The number of carbonyl (C=O) groups is 2. The minimum atomic E-state index is -3.29. The number of aromatic nitrogens is 2. The Balaban J connectivity index is 1.44. The Labute approximate surface area is 209 Å². The molecule has 1 aliphatic heterocycles. The fourth-order valence-electron chi connectivity index (χ4n) is 4.18. The molecule has 12 heteroatoms. The minimum Gasteiger partial charge on any atom is -0.453 e. The molecule has 3 unspecified atom stereocenters. The van der Waals surface area contributed by atoms with E-state index < -0.39 is 47.1 Å². The Hall–Kier alpha value is -4.06. The second-order valence-electron chi connectivity index (χ2n) is 8.66. The first-order chi connectivity index (χ1) is 17.6. The number of alkyl halides is 2. The molecule has 3 atom stereocenters. The molecule has 2 aromatic heterocycles. The van der Waals surface area contributed by atoms with Gasteiger partial charge in [0.05, 0.1) is 12.1 Å². The quantitative estimate of drug-likeness (QED) is 0.410. The van der Waals surface area contributed by atoms with Gasteiger partial charge in [-0.05, 0) is 42.0 Å². The van der Waals surface area contributed by atoms with Crippen LogP contribution in [-0.2, 0) is 4.79 Å². The number of carbonyl (C=O) groups excluding carboxylic acids is 2. The third kappa shape index (κ3) is 5.69. The van der Waals surface area contributed by atoms with Gasteiger partial charge in [0.25, 0.3) is 11.8 Å². The van der Waals surface area contributed by atoms with Crippen LogP contribution in [0.3, 0.4) is 0 Å². The largest absolute Gasteiger partial charge is 0.453 e. The highest BCUT2D eigenvalue weighted by Gasteiger charge is 2.53. The zero-order chi connectivity index (χ0) is 26.7. The molecule has 0 spiro atoms. The number of halogens is 4. The van der Waals surface area contributed by atoms with Crippen molar-refractivity contribution < 1.29 is 31.9 Å². The van der Waals surface area contributed by atoms with E-state index in [-0.39, 0.29) is 41.7 Å². The Morgan fingerprint density at radius 2 is 1.92 bits per heavy atom. The van der Waals surface area contributed by atoms with Crippen LogP contribution in [0.2, 0.25) is 0 Å². The molecule has 4 N–H and O–H groups in total. The van der Waals surface area contributed by atoms with Crippen molar-refractivity contribution in [2.75, 3.05) is 18.4 Å². The third-order valence-electron chi connectivity index (χ3n) is 6.24. The molecule has 3 heterocycles. The van der Waals surface area contributed by atoms with Crippen molar-refractivity contribution in [3.63, 3.8) is 0 Å². The molecule has 3 aromatic rings. The van der Waals surface area contributed by atoms with Gasteiger partial charge in [-0.2, -0.15) is 0 Å². The molecule has 0 aliphatic carbocycles. The Kier molecular flexibility index (Phi) is 7.39. The molecule has 194 valence electrons. The number of hydrogen-bond acceptors (Lipinski definition) is 6. The van der Waals surface area contributed by atoms with Crippen LogP contribution in [0.1, 0.15) is 28.9 Å². The molecule has 1 aliphatic rings. The first kappa shape index (κ1) is 26.0. The number of hydrogen-bond donors (Lipinski definition) is 3. The molecular weight excluding hydrogens is 494 g/mol. The van der Waals surface area contributed by atoms with Crippen LogP contribution in [0.15, 0.2) is 54.9 Å². The number of pyridine rings is 2. The Bertz CT molecular complexity index is 1310. The van der Waals surface area contributed by atoms with Gasteiger partial charge in [0.15, 0.2) is 11.6 Å². The smallest absolute Gasteiger partial charge is 0.267 e. The second-order valence-corrected chi connectivity index (χ2v) is 8.66. The van der Waals surface area contributed by atoms with Crippen LogP contribution >= 0.6 is 0 Å². The summed E-state index contributed by atoms with van der Waals surface area (Å²) in [7, 11) is 0.